The number of carbonyl (C=O) groups excluding carboxylic acids is 1. The third kappa shape index (κ3) is 2.81. The van der Waals surface area contributed by atoms with Crippen molar-refractivity contribution in [3.63, 3.8) is 0 Å². The van der Waals surface area contributed by atoms with Crippen LogP contribution in [0.25, 0.3) is 0 Å². The second kappa shape index (κ2) is 5.08. The van der Waals surface area contributed by atoms with Crippen molar-refractivity contribution in [1.82, 2.24) is 4.90 Å². The van der Waals surface area contributed by atoms with Crippen LogP contribution in [0.5, 0.6) is 0 Å². The Labute approximate surface area is 116 Å². The van der Waals surface area contributed by atoms with Crippen molar-refractivity contribution in [1.29, 1.82) is 0 Å². The van der Waals surface area contributed by atoms with Crippen LogP contribution in [-0.4, -0.2) is 38.1 Å². The molecule has 4 rings (SSSR count). The van der Waals surface area contributed by atoms with Crippen molar-refractivity contribution >= 4 is 5.97 Å². The van der Waals surface area contributed by atoms with Gasteiger partial charge in [-0.3, -0.25) is 4.79 Å². The van der Waals surface area contributed by atoms with Gasteiger partial charge in [0.25, 0.3) is 0 Å². The van der Waals surface area contributed by atoms with Crippen molar-refractivity contribution in [2.75, 3.05) is 27.2 Å². The molecule has 0 aromatic heterocycles. The highest BCUT2D eigenvalue weighted by Crippen LogP contribution is 2.60. The largest absolute Gasteiger partial charge is 0.469 e. The van der Waals surface area contributed by atoms with Crippen molar-refractivity contribution in [3.8, 4) is 0 Å². The topological polar surface area (TPSA) is 29.5 Å². The molecule has 4 bridgehead atoms. The summed E-state index contributed by atoms with van der Waals surface area (Å²) >= 11 is 0. The first-order valence-corrected chi connectivity index (χ1v) is 7.84. The van der Waals surface area contributed by atoms with Gasteiger partial charge in [0.05, 0.1) is 13.5 Å². The number of nitrogens with zero attached hydrogens (tertiary/aromatic N) is 1. The molecule has 0 aromatic rings. The second-order valence-corrected chi connectivity index (χ2v) is 7.48. The molecule has 4 fully saturated rings. The molecule has 3 heteroatoms. The Morgan fingerprint density at radius 3 is 2.16 bits per heavy atom. The van der Waals surface area contributed by atoms with Crippen LogP contribution >= 0.6 is 0 Å². The molecule has 3 nitrogen and oxygen atoms in total. The first-order valence-electron chi connectivity index (χ1n) is 7.84. The SMILES string of the molecule is COC(=O)CCN(C)CC12CC3CC(CC(C3)C1)C2. The summed E-state index contributed by atoms with van der Waals surface area (Å²) < 4.78 is 4.73. The van der Waals surface area contributed by atoms with Crippen LogP contribution in [0.1, 0.15) is 44.9 Å². The van der Waals surface area contributed by atoms with Gasteiger partial charge in [-0.1, -0.05) is 0 Å². The fraction of sp³-hybridized carbons (Fsp3) is 0.938. The Morgan fingerprint density at radius 1 is 1.16 bits per heavy atom. The molecule has 108 valence electrons. The lowest BCUT2D eigenvalue weighted by Gasteiger charge is -2.57. The zero-order valence-corrected chi connectivity index (χ0v) is 12.4. The number of rotatable bonds is 5. The molecule has 0 radical (unpaired) electrons. The highest BCUT2D eigenvalue weighted by Gasteiger charge is 2.50. The number of hydrogen-bond donors (Lipinski definition) is 0. The molecule has 19 heavy (non-hydrogen) atoms. The molecule has 0 spiro atoms. The Balaban J connectivity index is 1.55. The van der Waals surface area contributed by atoms with Crippen molar-refractivity contribution in [2.24, 2.45) is 23.2 Å². The van der Waals surface area contributed by atoms with E-state index < -0.39 is 0 Å². The standard InChI is InChI=1S/C16H27NO2/c1-17(4-3-15(18)19-2)11-16-8-12-5-13(9-16)7-14(6-12)10-16/h12-14H,3-11H2,1-2H3. The van der Waals surface area contributed by atoms with Gasteiger partial charge in [0, 0.05) is 13.1 Å². The van der Waals surface area contributed by atoms with E-state index in [0.29, 0.717) is 11.8 Å². The molecule has 4 aliphatic rings. The van der Waals surface area contributed by atoms with E-state index >= 15 is 0 Å². The van der Waals surface area contributed by atoms with E-state index in [0.717, 1.165) is 24.3 Å². The van der Waals surface area contributed by atoms with E-state index in [9.17, 15) is 4.79 Å². The summed E-state index contributed by atoms with van der Waals surface area (Å²) in [6, 6.07) is 0. The highest BCUT2D eigenvalue weighted by molar-refractivity contribution is 5.69. The molecule has 0 aromatic carbocycles. The fourth-order valence-corrected chi connectivity index (χ4v) is 5.52. The molecule has 0 aliphatic heterocycles. The lowest BCUT2D eigenvalue weighted by molar-refractivity contribution is -0.141. The van der Waals surface area contributed by atoms with Gasteiger partial charge in [0.2, 0.25) is 0 Å². The average molecular weight is 265 g/mol. The molecule has 4 aliphatic carbocycles. The Kier molecular flexibility index (Phi) is 3.59. The Hall–Kier alpha value is -0.570. The molecular weight excluding hydrogens is 238 g/mol. The number of methoxy groups -OCH3 is 1. The summed E-state index contributed by atoms with van der Waals surface area (Å²) in [6.07, 6.45) is 9.38. The lowest BCUT2D eigenvalue weighted by atomic mass is 9.49. The molecule has 0 unspecified atom stereocenters. The van der Waals surface area contributed by atoms with Gasteiger partial charge in [-0.05, 0) is 68.7 Å². The number of hydrogen-bond acceptors (Lipinski definition) is 3. The van der Waals surface area contributed by atoms with Gasteiger partial charge >= 0.3 is 5.97 Å². The van der Waals surface area contributed by atoms with E-state index in [-0.39, 0.29) is 5.97 Å². The van der Waals surface area contributed by atoms with Crippen molar-refractivity contribution in [3.05, 3.63) is 0 Å². The third-order valence-electron chi connectivity index (χ3n) is 5.70. The van der Waals surface area contributed by atoms with Gasteiger partial charge in [0.15, 0.2) is 0 Å². The zero-order chi connectivity index (χ0) is 13.5. The van der Waals surface area contributed by atoms with Gasteiger partial charge in [0.1, 0.15) is 0 Å². The summed E-state index contributed by atoms with van der Waals surface area (Å²) in [5.74, 6) is 2.96. The lowest BCUT2D eigenvalue weighted by Crippen LogP contribution is -2.50. The van der Waals surface area contributed by atoms with Crippen LogP contribution in [0.4, 0.5) is 0 Å². The maximum Gasteiger partial charge on any atom is 0.306 e. The first kappa shape index (κ1) is 13.4. The quantitative estimate of drug-likeness (QED) is 0.716. The summed E-state index contributed by atoms with van der Waals surface area (Å²) in [7, 11) is 3.64. The summed E-state index contributed by atoms with van der Waals surface area (Å²) in [5.41, 5.74) is 0.583. The first-order chi connectivity index (χ1) is 9.08. The Morgan fingerprint density at radius 2 is 1.68 bits per heavy atom. The molecule has 0 atom stereocenters. The van der Waals surface area contributed by atoms with Crippen LogP contribution in [0, 0.1) is 23.2 Å². The van der Waals surface area contributed by atoms with Gasteiger partial charge in [-0.15, -0.1) is 0 Å². The van der Waals surface area contributed by atoms with Crippen molar-refractivity contribution < 1.29 is 9.53 Å². The minimum Gasteiger partial charge on any atom is -0.469 e. The molecule has 0 N–H and O–H groups in total. The Bertz CT molecular complexity index is 317. The smallest absolute Gasteiger partial charge is 0.306 e. The predicted molar refractivity (Wildman–Crippen MR) is 74.7 cm³/mol. The van der Waals surface area contributed by atoms with Crippen LogP contribution in [0.2, 0.25) is 0 Å². The monoisotopic (exact) mass is 265 g/mol. The average Bonchev–Trinajstić information content (AvgIpc) is 2.33. The van der Waals surface area contributed by atoms with Gasteiger partial charge in [-0.25, -0.2) is 0 Å². The van der Waals surface area contributed by atoms with E-state index in [2.05, 4.69) is 11.9 Å². The van der Waals surface area contributed by atoms with Gasteiger partial charge in [-0.2, -0.15) is 0 Å². The molecule has 4 saturated carbocycles. The van der Waals surface area contributed by atoms with Crippen LogP contribution in [0.3, 0.4) is 0 Å². The number of carbonyl (C=O) groups is 1. The minimum absolute atomic E-state index is 0.0858. The summed E-state index contributed by atoms with van der Waals surface area (Å²) in [5, 5.41) is 0. The van der Waals surface area contributed by atoms with E-state index in [1.165, 1.54) is 52.2 Å². The number of ether oxygens (including phenoxy) is 1. The molecule has 0 saturated heterocycles. The van der Waals surface area contributed by atoms with Crippen molar-refractivity contribution in [2.45, 2.75) is 44.9 Å². The molecule has 0 heterocycles. The van der Waals surface area contributed by atoms with Crippen LogP contribution in [-0.2, 0) is 9.53 Å². The zero-order valence-electron chi connectivity index (χ0n) is 12.4. The number of esters is 1. The fourth-order valence-electron chi connectivity index (χ4n) is 5.52. The normalized spacial score (nSPS) is 39.8. The van der Waals surface area contributed by atoms with E-state index in [1.54, 1.807) is 0 Å². The minimum atomic E-state index is -0.0858. The second-order valence-electron chi connectivity index (χ2n) is 7.48. The van der Waals surface area contributed by atoms with Crippen LogP contribution < -0.4 is 0 Å². The van der Waals surface area contributed by atoms with Crippen LogP contribution in [0.15, 0.2) is 0 Å². The maximum atomic E-state index is 11.2. The third-order valence-corrected chi connectivity index (χ3v) is 5.70. The van der Waals surface area contributed by atoms with E-state index in [1.807, 2.05) is 0 Å². The van der Waals surface area contributed by atoms with E-state index in [4.69, 9.17) is 4.74 Å². The maximum absolute atomic E-state index is 11.2. The predicted octanol–water partition coefficient (Wildman–Crippen LogP) is 2.70. The van der Waals surface area contributed by atoms with Gasteiger partial charge < -0.3 is 9.64 Å². The highest BCUT2D eigenvalue weighted by atomic mass is 16.5. The molecule has 0 amide bonds. The summed E-state index contributed by atoms with van der Waals surface area (Å²) in [6.45, 7) is 2.03. The molecular formula is C16H27NO2. The summed E-state index contributed by atoms with van der Waals surface area (Å²) in [4.78, 5) is 13.6.